The van der Waals surface area contributed by atoms with Crippen LogP contribution in [0.25, 0.3) is 0 Å². The van der Waals surface area contributed by atoms with Crippen molar-refractivity contribution in [2.45, 2.75) is 110 Å². The minimum Gasteiger partial charge on any atom is -0.466 e. The normalized spacial score (nSPS) is 11.6. The molecular formula is C21H38O3. The van der Waals surface area contributed by atoms with Crippen molar-refractivity contribution in [3.05, 3.63) is 0 Å². The highest BCUT2D eigenvalue weighted by atomic mass is 16.5. The number of aliphatic hydroxyl groups is 1. The van der Waals surface area contributed by atoms with Crippen molar-refractivity contribution in [2.75, 3.05) is 6.61 Å². The molecule has 0 amide bonds. The zero-order chi connectivity index (χ0) is 17.9. The summed E-state index contributed by atoms with van der Waals surface area (Å²) in [6.45, 7) is 4.47. The van der Waals surface area contributed by atoms with E-state index in [2.05, 4.69) is 18.8 Å². The standard InChI is InChI=1S/C21H38O3/c1-3-5-17-20(22)18-15-13-11-9-7-6-8-10-12-14-16-19-21(23)24-4-2/h20,22H,3-14,16-17,19H2,1-2H3. The Morgan fingerprint density at radius 1 is 0.917 bits per heavy atom. The summed E-state index contributed by atoms with van der Waals surface area (Å²) in [6.07, 6.45) is 14.9. The lowest BCUT2D eigenvalue weighted by molar-refractivity contribution is -0.143. The molecule has 0 aromatic heterocycles. The lowest BCUT2D eigenvalue weighted by Gasteiger charge is -2.03. The van der Waals surface area contributed by atoms with Crippen molar-refractivity contribution in [1.29, 1.82) is 0 Å². The monoisotopic (exact) mass is 338 g/mol. The maximum Gasteiger partial charge on any atom is 0.305 e. The summed E-state index contributed by atoms with van der Waals surface area (Å²) in [5.74, 6) is 5.98. The zero-order valence-corrected chi connectivity index (χ0v) is 15.9. The second-order valence-corrected chi connectivity index (χ2v) is 6.47. The predicted molar refractivity (Wildman–Crippen MR) is 101 cm³/mol. The fourth-order valence-electron chi connectivity index (χ4n) is 2.61. The number of aliphatic hydroxyl groups excluding tert-OH is 1. The smallest absolute Gasteiger partial charge is 0.305 e. The van der Waals surface area contributed by atoms with Crippen LogP contribution in [0.4, 0.5) is 0 Å². The van der Waals surface area contributed by atoms with E-state index >= 15 is 0 Å². The highest BCUT2D eigenvalue weighted by Crippen LogP contribution is 2.11. The second kappa shape index (κ2) is 18.3. The number of rotatable bonds is 15. The van der Waals surface area contributed by atoms with Gasteiger partial charge in [0.25, 0.3) is 0 Å². The van der Waals surface area contributed by atoms with Crippen LogP contribution >= 0.6 is 0 Å². The molecule has 1 atom stereocenters. The molecule has 3 heteroatoms. The van der Waals surface area contributed by atoms with Gasteiger partial charge < -0.3 is 9.84 Å². The van der Waals surface area contributed by atoms with Crippen molar-refractivity contribution >= 4 is 5.97 Å². The predicted octanol–water partition coefficient (Wildman–Crippen LogP) is 5.40. The molecule has 24 heavy (non-hydrogen) atoms. The van der Waals surface area contributed by atoms with E-state index in [1.807, 2.05) is 6.92 Å². The summed E-state index contributed by atoms with van der Waals surface area (Å²) in [5, 5.41) is 9.60. The Morgan fingerprint density at radius 2 is 1.50 bits per heavy atom. The molecule has 0 fully saturated rings. The maximum absolute atomic E-state index is 11.2. The van der Waals surface area contributed by atoms with E-state index in [0.717, 1.165) is 44.9 Å². The van der Waals surface area contributed by atoms with Crippen LogP contribution in [0.5, 0.6) is 0 Å². The first kappa shape index (κ1) is 23.0. The van der Waals surface area contributed by atoms with Gasteiger partial charge in [0.05, 0.1) is 6.61 Å². The number of esters is 1. The third-order valence-electron chi connectivity index (χ3n) is 4.09. The van der Waals surface area contributed by atoms with Gasteiger partial charge in [-0.2, -0.15) is 0 Å². The van der Waals surface area contributed by atoms with Gasteiger partial charge in [-0.15, -0.1) is 5.92 Å². The Morgan fingerprint density at radius 3 is 2.08 bits per heavy atom. The van der Waals surface area contributed by atoms with Crippen molar-refractivity contribution in [3.8, 4) is 11.8 Å². The molecule has 0 rings (SSSR count). The number of ether oxygens (including phenoxy) is 1. The van der Waals surface area contributed by atoms with E-state index in [4.69, 9.17) is 4.74 Å². The Hall–Kier alpha value is -1.01. The van der Waals surface area contributed by atoms with Crippen molar-refractivity contribution < 1.29 is 14.6 Å². The van der Waals surface area contributed by atoms with Gasteiger partial charge in [-0.1, -0.05) is 70.6 Å². The van der Waals surface area contributed by atoms with Crippen LogP contribution < -0.4 is 0 Å². The third kappa shape index (κ3) is 17.3. The fourth-order valence-corrected chi connectivity index (χ4v) is 2.61. The molecule has 0 radical (unpaired) electrons. The average molecular weight is 339 g/mol. The first-order valence-corrected chi connectivity index (χ1v) is 10.0. The number of carbonyl (C=O) groups is 1. The molecule has 0 aromatic rings. The lowest BCUT2D eigenvalue weighted by Crippen LogP contribution is -2.03. The van der Waals surface area contributed by atoms with Crippen LogP contribution in [-0.4, -0.2) is 23.8 Å². The van der Waals surface area contributed by atoms with E-state index in [0.29, 0.717) is 13.0 Å². The van der Waals surface area contributed by atoms with E-state index in [1.165, 1.54) is 38.5 Å². The zero-order valence-electron chi connectivity index (χ0n) is 15.9. The van der Waals surface area contributed by atoms with Crippen LogP contribution in [0, 0.1) is 11.8 Å². The lowest BCUT2D eigenvalue weighted by atomic mass is 10.1. The van der Waals surface area contributed by atoms with Crippen molar-refractivity contribution in [2.24, 2.45) is 0 Å². The molecule has 1 N–H and O–H groups in total. The molecule has 0 spiro atoms. The molecule has 140 valence electrons. The van der Waals surface area contributed by atoms with Gasteiger partial charge in [-0.25, -0.2) is 0 Å². The SMILES string of the molecule is CCCCC(O)C#CCCCCCCCCCCCC(=O)OCC. The molecule has 0 bridgehead atoms. The van der Waals surface area contributed by atoms with Gasteiger partial charge in [-0.3, -0.25) is 4.79 Å². The number of carbonyl (C=O) groups excluding carboxylic acids is 1. The van der Waals surface area contributed by atoms with E-state index in [1.54, 1.807) is 0 Å². The van der Waals surface area contributed by atoms with E-state index in [9.17, 15) is 9.90 Å². The molecule has 0 saturated heterocycles. The summed E-state index contributed by atoms with van der Waals surface area (Å²) in [4.78, 5) is 11.2. The molecule has 0 aliphatic carbocycles. The summed E-state index contributed by atoms with van der Waals surface area (Å²) in [6, 6.07) is 0. The van der Waals surface area contributed by atoms with Gasteiger partial charge in [0, 0.05) is 12.8 Å². The van der Waals surface area contributed by atoms with Crippen molar-refractivity contribution in [1.82, 2.24) is 0 Å². The molecular weight excluding hydrogens is 300 g/mol. The number of hydrogen-bond acceptors (Lipinski definition) is 3. The quantitative estimate of drug-likeness (QED) is 0.247. The first-order valence-electron chi connectivity index (χ1n) is 10.0. The highest BCUT2D eigenvalue weighted by molar-refractivity contribution is 5.69. The van der Waals surface area contributed by atoms with Crippen LogP contribution in [-0.2, 0) is 9.53 Å². The van der Waals surface area contributed by atoms with Crippen molar-refractivity contribution in [3.63, 3.8) is 0 Å². The van der Waals surface area contributed by atoms with Gasteiger partial charge in [0.2, 0.25) is 0 Å². The van der Waals surface area contributed by atoms with Crippen LogP contribution in [0.15, 0.2) is 0 Å². The van der Waals surface area contributed by atoms with Crippen LogP contribution in [0.1, 0.15) is 104 Å². The molecule has 3 nitrogen and oxygen atoms in total. The molecule has 1 unspecified atom stereocenters. The molecule has 0 aliphatic heterocycles. The Labute approximate surface area is 149 Å². The van der Waals surface area contributed by atoms with E-state index < -0.39 is 6.10 Å². The van der Waals surface area contributed by atoms with Gasteiger partial charge >= 0.3 is 5.97 Å². The molecule has 0 heterocycles. The van der Waals surface area contributed by atoms with E-state index in [-0.39, 0.29) is 5.97 Å². The number of hydrogen-bond donors (Lipinski definition) is 1. The number of unbranched alkanes of at least 4 members (excludes halogenated alkanes) is 10. The topological polar surface area (TPSA) is 46.5 Å². The summed E-state index contributed by atoms with van der Waals surface area (Å²) in [5.41, 5.74) is 0. The Balaban J connectivity index is 3.23. The minimum atomic E-state index is -0.422. The Bertz CT molecular complexity index is 341. The Kier molecular flexibility index (Phi) is 17.6. The minimum absolute atomic E-state index is 0.0570. The van der Waals surface area contributed by atoms with Gasteiger partial charge in [0.15, 0.2) is 0 Å². The maximum atomic E-state index is 11.2. The average Bonchev–Trinajstić information content (AvgIpc) is 2.57. The second-order valence-electron chi connectivity index (χ2n) is 6.47. The van der Waals surface area contributed by atoms with Gasteiger partial charge in [0.1, 0.15) is 6.10 Å². The fraction of sp³-hybridized carbons (Fsp3) is 0.857. The van der Waals surface area contributed by atoms with Gasteiger partial charge in [-0.05, 0) is 26.2 Å². The third-order valence-corrected chi connectivity index (χ3v) is 4.09. The van der Waals surface area contributed by atoms with Crippen LogP contribution in [0.3, 0.4) is 0 Å². The summed E-state index contributed by atoms with van der Waals surface area (Å²) >= 11 is 0. The summed E-state index contributed by atoms with van der Waals surface area (Å²) in [7, 11) is 0. The molecule has 0 aromatic carbocycles. The highest BCUT2D eigenvalue weighted by Gasteiger charge is 2.00. The molecule has 0 saturated carbocycles. The first-order chi connectivity index (χ1) is 11.7. The molecule has 0 aliphatic rings. The van der Waals surface area contributed by atoms with Crippen LogP contribution in [0.2, 0.25) is 0 Å². The largest absolute Gasteiger partial charge is 0.466 e. The summed E-state index contributed by atoms with van der Waals surface area (Å²) < 4.78 is 4.91.